The number of nitriles is 1. The fraction of sp³-hybridized carbons (Fsp3) is 0.143. The van der Waals surface area contributed by atoms with Crippen molar-refractivity contribution in [3.8, 4) is 6.07 Å². The van der Waals surface area contributed by atoms with Crippen LogP contribution in [0.2, 0.25) is 0 Å². The van der Waals surface area contributed by atoms with E-state index >= 15 is 0 Å². The normalized spacial score (nSPS) is 12.0. The number of ketones is 1. The van der Waals surface area contributed by atoms with E-state index < -0.39 is 0 Å². The molecule has 0 heterocycles. The van der Waals surface area contributed by atoms with E-state index in [9.17, 15) is 15.2 Å². The zero-order valence-electron chi connectivity index (χ0n) is 13.6. The summed E-state index contributed by atoms with van der Waals surface area (Å²) < 4.78 is 0. The lowest BCUT2D eigenvalue weighted by Gasteiger charge is -2.17. The molecule has 0 aliphatic heterocycles. The monoisotopic (exact) mass is 315 g/mol. The number of rotatable bonds is 3. The highest BCUT2D eigenvalue weighted by molar-refractivity contribution is 6.28. The molecule has 3 aromatic carbocycles. The van der Waals surface area contributed by atoms with Gasteiger partial charge in [0.15, 0.2) is 5.78 Å². The molecule has 3 heteroatoms. The summed E-state index contributed by atoms with van der Waals surface area (Å²) in [4.78, 5) is 12.2. The number of hydrogen-bond acceptors (Lipinski definition) is 3. The minimum atomic E-state index is -0.182. The number of hydrogen-bond donors (Lipinski definition) is 1. The molecule has 24 heavy (non-hydrogen) atoms. The summed E-state index contributed by atoms with van der Waals surface area (Å²) in [6.07, 6.45) is 0.290. The first kappa shape index (κ1) is 15.8. The van der Waals surface area contributed by atoms with Gasteiger partial charge in [-0.15, -0.1) is 0 Å². The van der Waals surface area contributed by atoms with Crippen molar-refractivity contribution in [1.29, 1.82) is 5.26 Å². The Morgan fingerprint density at radius 1 is 0.958 bits per heavy atom. The molecule has 118 valence electrons. The molecule has 0 atom stereocenters. The molecule has 3 nitrogen and oxygen atoms in total. The topological polar surface area (TPSA) is 61.1 Å². The van der Waals surface area contributed by atoms with E-state index in [2.05, 4.69) is 6.07 Å². The second-order valence-electron chi connectivity index (χ2n) is 5.80. The van der Waals surface area contributed by atoms with Crippen molar-refractivity contribution in [1.82, 2.24) is 0 Å². The van der Waals surface area contributed by atoms with Crippen LogP contribution >= 0.6 is 0 Å². The number of allylic oxidation sites excluding steroid dienone is 2. The third kappa shape index (κ3) is 2.43. The van der Waals surface area contributed by atoms with Crippen molar-refractivity contribution in [3.05, 3.63) is 65.4 Å². The van der Waals surface area contributed by atoms with Gasteiger partial charge in [-0.2, -0.15) is 5.26 Å². The zero-order chi connectivity index (χ0) is 17.3. The third-order valence-corrected chi connectivity index (χ3v) is 4.26. The molecule has 0 spiro atoms. The molecular weight excluding hydrogens is 298 g/mol. The van der Waals surface area contributed by atoms with Crippen molar-refractivity contribution in [2.24, 2.45) is 0 Å². The number of nitrogens with zero attached hydrogens (tertiary/aromatic N) is 1. The van der Waals surface area contributed by atoms with Gasteiger partial charge in [0.2, 0.25) is 0 Å². The first-order valence-electron chi connectivity index (χ1n) is 7.76. The minimum Gasteiger partial charge on any atom is -0.512 e. The maximum Gasteiger partial charge on any atom is 0.163 e. The molecule has 0 saturated carbocycles. The number of carbonyl (C=O) groups excluding carboxylic acids is 1. The Morgan fingerprint density at radius 2 is 1.42 bits per heavy atom. The van der Waals surface area contributed by atoms with Crippen molar-refractivity contribution in [3.63, 3.8) is 0 Å². The van der Waals surface area contributed by atoms with Crippen LogP contribution in [-0.4, -0.2) is 10.9 Å². The Kier molecular flexibility index (Phi) is 4.05. The van der Waals surface area contributed by atoms with Gasteiger partial charge in [-0.05, 0) is 41.0 Å². The second kappa shape index (κ2) is 6.17. The average molecular weight is 315 g/mol. The summed E-state index contributed by atoms with van der Waals surface area (Å²) in [5.74, 6) is -0.177. The highest BCUT2D eigenvalue weighted by Gasteiger charge is 2.20. The number of aliphatic hydroxyl groups is 1. The van der Waals surface area contributed by atoms with E-state index in [0.29, 0.717) is 12.0 Å². The summed E-state index contributed by atoms with van der Waals surface area (Å²) in [7, 11) is 0. The Hall–Kier alpha value is -3.12. The largest absolute Gasteiger partial charge is 0.512 e. The van der Waals surface area contributed by atoms with Gasteiger partial charge in [-0.25, -0.2) is 0 Å². The van der Waals surface area contributed by atoms with Crippen LogP contribution in [0.4, 0.5) is 0 Å². The summed E-state index contributed by atoms with van der Waals surface area (Å²) in [6.45, 7) is 2.99. The maximum atomic E-state index is 12.2. The summed E-state index contributed by atoms with van der Waals surface area (Å²) in [5.41, 5.74) is 2.01. The van der Waals surface area contributed by atoms with E-state index in [4.69, 9.17) is 0 Å². The first-order chi connectivity index (χ1) is 11.6. The molecule has 0 amide bonds. The number of aliphatic hydroxyl groups excluding tert-OH is 1. The molecular formula is C21H17NO2. The van der Waals surface area contributed by atoms with Crippen molar-refractivity contribution >= 4 is 32.9 Å². The highest BCUT2D eigenvalue weighted by atomic mass is 16.3. The molecule has 3 rings (SSSR count). The summed E-state index contributed by atoms with van der Waals surface area (Å²) in [6, 6.07) is 17.7. The fourth-order valence-electron chi connectivity index (χ4n) is 3.37. The van der Waals surface area contributed by atoms with Crippen LogP contribution < -0.4 is 0 Å². The average Bonchev–Trinajstić information content (AvgIpc) is 2.57. The van der Waals surface area contributed by atoms with Crippen LogP contribution in [0.25, 0.3) is 27.1 Å². The lowest BCUT2D eigenvalue weighted by Crippen LogP contribution is -2.03. The van der Waals surface area contributed by atoms with E-state index in [1.165, 1.54) is 13.8 Å². The summed E-state index contributed by atoms with van der Waals surface area (Å²) in [5, 5.41) is 23.0. The van der Waals surface area contributed by atoms with Crippen LogP contribution in [-0.2, 0) is 11.2 Å². The Bertz CT molecular complexity index is 978. The molecule has 0 saturated heterocycles. The molecule has 1 N–H and O–H groups in total. The molecule has 0 aromatic heterocycles. The molecule has 0 bridgehead atoms. The lowest BCUT2D eigenvalue weighted by molar-refractivity contribution is -0.111. The Labute approximate surface area is 140 Å². The van der Waals surface area contributed by atoms with Gasteiger partial charge < -0.3 is 5.11 Å². The van der Waals surface area contributed by atoms with Gasteiger partial charge in [0.1, 0.15) is 5.76 Å². The van der Waals surface area contributed by atoms with Crippen LogP contribution in [0.1, 0.15) is 25.0 Å². The molecule has 0 unspecified atom stereocenters. The fourth-order valence-corrected chi connectivity index (χ4v) is 3.37. The van der Waals surface area contributed by atoms with Crippen LogP contribution in [0, 0.1) is 11.3 Å². The molecule has 0 aliphatic carbocycles. The molecule has 3 aromatic rings. The summed E-state index contributed by atoms with van der Waals surface area (Å²) >= 11 is 0. The van der Waals surface area contributed by atoms with Crippen molar-refractivity contribution in [2.45, 2.75) is 20.3 Å². The van der Waals surface area contributed by atoms with Gasteiger partial charge >= 0.3 is 0 Å². The second-order valence-corrected chi connectivity index (χ2v) is 5.80. The van der Waals surface area contributed by atoms with Gasteiger partial charge in [0.25, 0.3) is 0 Å². The van der Waals surface area contributed by atoms with Gasteiger partial charge in [-0.1, -0.05) is 48.5 Å². The van der Waals surface area contributed by atoms with E-state index in [-0.39, 0.29) is 11.5 Å². The van der Waals surface area contributed by atoms with Crippen molar-refractivity contribution in [2.75, 3.05) is 0 Å². The molecule has 0 aliphatic rings. The number of benzene rings is 3. The van der Waals surface area contributed by atoms with Gasteiger partial charge in [-0.3, -0.25) is 4.79 Å². The SMILES string of the molecule is CC(=O)/C(=C(\C)O)c1c2ccccc2c(CC#N)c2ccccc12. The smallest absolute Gasteiger partial charge is 0.163 e. The van der Waals surface area contributed by atoms with E-state index in [1.54, 1.807) is 0 Å². The van der Waals surface area contributed by atoms with Crippen molar-refractivity contribution < 1.29 is 9.90 Å². The quantitative estimate of drug-likeness (QED) is 0.423. The third-order valence-electron chi connectivity index (χ3n) is 4.26. The van der Waals surface area contributed by atoms with Crippen LogP contribution in [0.5, 0.6) is 0 Å². The predicted octanol–water partition coefficient (Wildman–Crippen LogP) is 4.94. The van der Waals surface area contributed by atoms with E-state index in [1.807, 2.05) is 48.5 Å². The van der Waals surface area contributed by atoms with Crippen LogP contribution in [0.3, 0.4) is 0 Å². The first-order valence-corrected chi connectivity index (χ1v) is 7.76. The number of carbonyl (C=O) groups is 1. The predicted molar refractivity (Wildman–Crippen MR) is 96.7 cm³/mol. The zero-order valence-corrected chi connectivity index (χ0v) is 13.6. The Balaban J connectivity index is 2.63. The van der Waals surface area contributed by atoms with E-state index in [0.717, 1.165) is 32.7 Å². The van der Waals surface area contributed by atoms with Gasteiger partial charge in [0.05, 0.1) is 18.1 Å². The number of fused-ring (bicyclic) bond motifs is 2. The van der Waals surface area contributed by atoms with Gasteiger partial charge in [0, 0.05) is 5.56 Å². The standard InChI is InChI=1S/C21H17NO2/c1-13(23)20(14(2)24)21-18-9-5-3-7-15(18)17(11-12-22)16-8-4-6-10-19(16)21/h3-10,23H,11H2,1-2H3/b20-13-. The number of Topliss-reactive ketones (excluding diaryl/α,β-unsaturated/α-hetero) is 1. The minimum absolute atomic E-state index is 0.00541. The highest BCUT2D eigenvalue weighted by Crippen LogP contribution is 2.38. The van der Waals surface area contributed by atoms with Crippen LogP contribution in [0.15, 0.2) is 54.3 Å². The Morgan fingerprint density at radius 3 is 1.79 bits per heavy atom. The molecule has 0 radical (unpaired) electrons. The lowest BCUT2D eigenvalue weighted by atomic mass is 9.86. The maximum absolute atomic E-state index is 12.2. The molecule has 0 fully saturated rings.